The van der Waals surface area contributed by atoms with Gasteiger partial charge in [0.1, 0.15) is 0 Å². The summed E-state index contributed by atoms with van der Waals surface area (Å²) >= 11 is 0. The monoisotopic (exact) mass is 384 g/mol. The second-order valence-electron chi connectivity index (χ2n) is 8.88. The lowest BCUT2D eigenvalue weighted by Crippen LogP contribution is -2.40. The highest BCUT2D eigenvalue weighted by Crippen LogP contribution is 2.58. The van der Waals surface area contributed by atoms with Crippen LogP contribution in [0.4, 0.5) is 0 Å². The molecule has 1 saturated carbocycles. The molecule has 2 heterocycles. The third-order valence-corrected chi connectivity index (χ3v) is 6.88. The average molecular weight is 385 g/mol. The van der Waals surface area contributed by atoms with Crippen molar-refractivity contribution in [3.05, 3.63) is 35.4 Å². The number of benzene rings is 1. The maximum absolute atomic E-state index is 12.6. The highest BCUT2D eigenvalue weighted by Gasteiger charge is 2.57. The number of carbonyl (C=O) groups excluding carboxylic acids is 2. The van der Waals surface area contributed by atoms with Gasteiger partial charge in [-0.15, -0.1) is 0 Å². The summed E-state index contributed by atoms with van der Waals surface area (Å²) in [5.41, 5.74) is 8.12. The number of likely N-dealkylation sites (tertiary alicyclic amines) is 1. The Morgan fingerprint density at radius 1 is 1.25 bits per heavy atom. The topological polar surface area (TPSA) is 87.5 Å². The molecule has 0 bridgehead atoms. The van der Waals surface area contributed by atoms with E-state index in [1.807, 2.05) is 0 Å². The molecule has 2 atom stereocenters. The number of carbonyl (C=O) groups is 2. The molecule has 1 spiro atoms. The Morgan fingerprint density at radius 3 is 2.82 bits per heavy atom. The van der Waals surface area contributed by atoms with Crippen LogP contribution in [0.15, 0.2) is 24.3 Å². The van der Waals surface area contributed by atoms with Crippen LogP contribution in [0, 0.1) is 17.3 Å². The molecule has 0 radical (unpaired) electrons. The maximum atomic E-state index is 12.6. The molecule has 4 N–H and O–H groups in total. The van der Waals surface area contributed by atoms with Gasteiger partial charge in [0.2, 0.25) is 11.8 Å². The van der Waals surface area contributed by atoms with Crippen LogP contribution in [0.1, 0.15) is 43.2 Å². The number of nitrogens with two attached hydrogens (primary N) is 1. The number of piperidine rings is 2. The summed E-state index contributed by atoms with van der Waals surface area (Å²) in [5.74, 6) is 0.203. The van der Waals surface area contributed by atoms with E-state index in [1.165, 1.54) is 5.56 Å². The van der Waals surface area contributed by atoms with Gasteiger partial charge in [0.05, 0.1) is 5.92 Å². The lowest BCUT2D eigenvalue weighted by atomic mass is 9.92. The van der Waals surface area contributed by atoms with Crippen LogP contribution >= 0.6 is 0 Å². The minimum absolute atomic E-state index is 0.0305. The zero-order valence-electron chi connectivity index (χ0n) is 16.6. The predicted octanol–water partition coefficient (Wildman–Crippen LogP) is 1.39. The van der Waals surface area contributed by atoms with E-state index < -0.39 is 0 Å². The van der Waals surface area contributed by atoms with E-state index in [0.29, 0.717) is 6.54 Å². The first-order valence-corrected chi connectivity index (χ1v) is 10.6. The van der Waals surface area contributed by atoms with Gasteiger partial charge in [0.25, 0.3) is 0 Å². The first-order valence-electron chi connectivity index (χ1n) is 10.6. The zero-order valence-corrected chi connectivity index (χ0v) is 16.6. The van der Waals surface area contributed by atoms with Gasteiger partial charge < -0.3 is 16.4 Å². The summed E-state index contributed by atoms with van der Waals surface area (Å²) in [6, 6.07) is 8.41. The summed E-state index contributed by atoms with van der Waals surface area (Å²) < 4.78 is 0. The van der Waals surface area contributed by atoms with Gasteiger partial charge in [-0.25, -0.2) is 0 Å². The quantitative estimate of drug-likeness (QED) is 0.692. The highest BCUT2D eigenvalue weighted by molar-refractivity contribution is 5.82. The molecule has 2 amide bonds. The molecule has 1 aromatic carbocycles. The van der Waals surface area contributed by atoms with E-state index in [-0.39, 0.29) is 29.1 Å². The fraction of sp³-hybridized carbons (Fsp3) is 0.636. The molecule has 2 unspecified atom stereocenters. The van der Waals surface area contributed by atoms with Crippen LogP contribution in [-0.4, -0.2) is 42.9 Å². The summed E-state index contributed by atoms with van der Waals surface area (Å²) in [7, 11) is 0. The molecule has 2 aliphatic heterocycles. The molecular formula is C22H32N4O2. The number of primary amides is 1. The van der Waals surface area contributed by atoms with Crippen LogP contribution in [0.5, 0.6) is 0 Å². The van der Waals surface area contributed by atoms with Crippen molar-refractivity contribution in [1.29, 1.82) is 0 Å². The second kappa shape index (κ2) is 8.21. The van der Waals surface area contributed by atoms with Crippen molar-refractivity contribution >= 4 is 11.8 Å². The van der Waals surface area contributed by atoms with Gasteiger partial charge >= 0.3 is 0 Å². The fourth-order valence-corrected chi connectivity index (χ4v) is 5.04. The summed E-state index contributed by atoms with van der Waals surface area (Å²) in [6.07, 6.45) is 5.22. The standard InChI is InChI=1S/C22H32N4O2/c23-20(27)18-5-2-10-26(15-18)14-17-4-1-3-16(11-17)13-25-21(28)19-12-22(19)6-8-24-9-7-22/h1,3-4,11,18-19,24H,2,5-10,12-15H2,(H2,23,27)(H,25,28). The molecule has 3 fully saturated rings. The largest absolute Gasteiger partial charge is 0.369 e. The lowest BCUT2D eigenvalue weighted by molar-refractivity contribution is -0.124. The molecule has 1 aliphatic carbocycles. The molecule has 2 saturated heterocycles. The summed E-state index contributed by atoms with van der Waals surface area (Å²) in [5, 5.41) is 6.54. The zero-order chi connectivity index (χ0) is 19.6. The van der Waals surface area contributed by atoms with Crippen LogP contribution in [0.2, 0.25) is 0 Å². The first kappa shape index (κ1) is 19.4. The minimum atomic E-state index is -0.187. The Labute approximate surface area is 167 Å². The van der Waals surface area contributed by atoms with E-state index in [0.717, 1.165) is 70.4 Å². The molecule has 6 nitrogen and oxygen atoms in total. The number of amides is 2. The predicted molar refractivity (Wildman–Crippen MR) is 108 cm³/mol. The molecule has 28 heavy (non-hydrogen) atoms. The third kappa shape index (κ3) is 4.39. The van der Waals surface area contributed by atoms with E-state index in [2.05, 4.69) is 39.8 Å². The van der Waals surface area contributed by atoms with Gasteiger partial charge in [-0.05, 0) is 68.3 Å². The Balaban J connectivity index is 1.28. The van der Waals surface area contributed by atoms with E-state index in [9.17, 15) is 9.59 Å². The Bertz CT molecular complexity index is 729. The number of rotatable bonds is 6. The van der Waals surface area contributed by atoms with Gasteiger partial charge in [0.15, 0.2) is 0 Å². The van der Waals surface area contributed by atoms with E-state index in [4.69, 9.17) is 5.73 Å². The van der Waals surface area contributed by atoms with Crippen molar-refractivity contribution < 1.29 is 9.59 Å². The Hall–Kier alpha value is -1.92. The smallest absolute Gasteiger partial charge is 0.223 e. The van der Waals surface area contributed by atoms with E-state index in [1.54, 1.807) is 0 Å². The van der Waals surface area contributed by atoms with Gasteiger partial charge in [-0.2, -0.15) is 0 Å². The number of nitrogens with one attached hydrogen (secondary N) is 2. The molecule has 1 aromatic rings. The molecule has 4 rings (SSSR count). The first-order chi connectivity index (χ1) is 13.6. The van der Waals surface area contributed by atoms with Crippen molar-refractivity contribution in [3.8, 4) is 0 Å². The second-order valence-corrected chi connectivity index (χ2v) is 8.88. The van der Waals surface area contributed by atoms with E-state index >= 15 is 0 Å². The third-order valence-electron chi connectivity index (χ3n) is 6.88. The van der Waals surface area contributed by atoms with Crippen molar-refractivity contribution in [1.82, 2.24) is 15.5 Å². The molecular weight excluding hydrogens is 352 g/mol. The minimum Gasteiger partial charge on any atom is -0.369 e. The van der Waals surface area contributed by atoms with Crippen molar-refractivity contribution in [2.24, 2.45) is 23.0 Å². The van der Waals surface area contributed by atoms with Crippen molar-refractivity contribution in [3.63, 3.8) is 0 Å². The van der Waals surface area contributed by atoms with Crippen LogP contribution < -0.4 is 16.4 Å². The number of hydrogen-bond donors (Lipinski definition) is 3. The molecule has 0 aromatic heterocycles. The van der Waals surface area contributed by atoms with Gasteiger partial charge in [0, 0.05) is 25.6 Å². The van der Waals surface area contributed by atoms with Crippen LogP contribution in [0.25, 0.3) is 0 Å². The Kier molecular flexibility index (Phi) is 5.69. The lowest BCUT2D eigenvalue weighted by Gasteiger charge is -2.31. The van der Waals surface area contributed by atoms with Crippen LogP contribution in [-0.2, 0) is 22.7 Å². The summed E-state index contributed by atoms with van der Waals surface area (Å²) in [4.78, 5) is 26.4. The normalized spacial score (nSPS) is 26.7. The average Bonchev–Trinajstić information content (AvgIpc) is 3.40. The van der Waals surface area contributed by atoms with Gasteiger partial charge in [-0.3, -0.25) is 14.5 Å². The maximum Gasteiger partial charge on any atom is 0.223 e. The summed E-state index contributed by atoms with van der Waals surface area (Å²) in [6.45, 7) is 5.24. The molecule has 6 heteroatoms. The Morgan fingerprint density at radius 2 is 2.04 bits per heavy atom. The molecule has 3 aliphatic rings. The number of nitrogens with zero attached hydrogens (tertiary/aromatic N) is 1. The SMILES string of the molecule is NC(=O)C1CCCN(Cc2cccc(CNC(=O)C3CC34CCNCC4)c2)C1. The highest BCUT2D eigenvalue weighted by atomic mass is 16.2. The van der Waals surface area contributed by atoms with Crippen molar-refractivity contribution in [2.45, 2.75) is 45.2 Å². The molecule has 152 valence electrons. The van der Waals surface area contributed by atoms with Gasteiger partial charge in [-0.1, -0.05) is 24.3 Å². The number of hydrogen-bond acceptors (Lipinski definition) is 4. The van der Waals surface area contributed by atoms with Crippen LogP contribution in [0.3, 0.4) is 0 Å². The van der Waals surface area contributed by atoms with Crippen molar-refractivity contribution in [2.75, 3.05) is 26.2 Å². The fourth-order valence-electron chi connectivity index (χ4n) is 5.04.